The summed E-state index contributed by atoms with van der Waals surface area (Å²) in [5.41, 5.74) is 5.48. The Hall–Kier alpha value is -3.93. The van der Waals surface area contributed by atoms with Gasteiger partial charge in [0.2, 0.25) is 5.82 Å². The summed E-state index contributed by atoms with van der Waals surface area (Å²) in [6.07, 6.45) is 0. The van der Waals surface area contributed by atoms with Crippen molar-refractivity contribution >= 4 is 11.6 Å². The van der Waals surface area contributed by atoms with Gasteiger partial charge in [0, 0.05) is 11.3 Å². The van der Waals surface area contributed by atoms with E-state index in [0.717, 1.165) is 22.4 Å². The smallest absolute Gasteiger partial charge is 0.264 e. The molecule has 4 rings (SSSR count). The van der Waals surface area contributed by atoms with E-state index in [9.17, 15) is 4.79 Å². The van der Waals surface area contributed by atoms with Crippen LogP contribution in [0.4, 0.5) is 5.69 Å². The lowest BCUT2D eigenvalue weighted by atomic mass is 10.1. The molecule has 0 aliphatic carbocycles. The number of rotatable bonds is 6. The topological polar surface area (TPSA) is 77.2 Å². The zero-order valence-electron chi connectivity index (χ0n) is 17.7. The van der Waals surface area contributed by atoms with Gasteiger partial charge < -0.3 is 14.6 Å². The van der Waals surface area contributed by atoms with Crippen LogP contribution in [0.1, 0.15) is 32.9 Å². The Bertz CT molecular complexity index is 1210. The normalized spacial score (nSPS) is 10.7. The van der Waals surface area contributed by atoms with E-state index in [0.29, 0.717) is 23.0 Å². The molecule has 1 aromatic heterocycles. The number of aromatic nitrogens is 2. The van der Waals surface area contributed by atoms with Crippen molar-refractivity contribution in [1.82, 2.24) is 10.1 Å². The van der Waals surface area contributed by atoms with E-state index in [1.165, 1.54) is 5.56 Å². The second kappa shape index (κ2) is 8.83. The Morgan fingerprint density at radius 1 is 0.968 bits per heavy atom. The van der Waals surface area contributed by atoms with Crippen LogP contribution in [-0.4, -0.2) is 16.0 Å². The molecule has 0 aliphatic rings. The van der Waals surface area contributed by atoms with Crippen molar-refractivity contribution in [3.8, 4) is 17.1 Å². The van der Waals surface area contributed by atoms with Crippen molar-refractivity contribution in [3.05, 3.63) is 94.9 Å². The SMILES string of the molecule is Cc1ccc(-c2noc(COc3ccccc3C(=O)Nc3ccc(C)c(C)c3)n2)cc1. The van der Waals surface area contributed by atoms with Crippen LogP contribution < -0.4 is 10.1 Å². The molecule has 0 fully saturated rings. The van der Waals surface area contributed by atoms with Crippen LogP contribution in [-0.2, 0) is 6.61 Å². The highest BCUT2D eigenvalue weighted by Gasteiger charge is 2.15. The predicted molar refractivity (Wildman–Crippen MR) is 119 cm³/mol. The van der Waals surface area contributed by atoms with Gasteiger partial charge in [-0.15, -0.1) is 0 Å². The number of benzene rings is 3. The maximum atomic E-state index is 12.8. The summed E-state index contributed by atoms with van der Waals surface area (Å²) in [5, 5.41) is 6.94. The Balaban J connectivity index is 1.46. The van der Waals surface area contributed by atoms with Crippen LogP contribution in [0.15, 0.2) is 71.3 Å². The number of nitrogens with one attached hydrogen (secondary N) is 1. The fourth-order valence-electron chi connectivity index (χ4n) is 3.07. The van der Waals surface area contributed by atoms with Gasteiger partial charge in [0.25, 0.3) is 11.8 Å². The van der Waals surface area contributed by atoms with Crippen molar-refractivity contribution < 1.29 is 14.1 Å². The van der Waals surface area contributed by atoms with Gasteiger partial charge in [-0.05, 0) is 56.2 Å². The van der Waals surface area contributed by atoms with Gasteiger partial charge >= 0.3 is 0 Å². The monoisotopic (exact) mass is 413 g/mol. The number of carbonyl (C=O) groups excluding carboxylic acids is 1. The summed E-state index contributed by atoms with van der Waals surface area (Å²) < 4.78 is 11.1. The molecule has 1 amide bonds. The summed E-state index contributed by atoms with van der Waals surface area (Å²) in [6, 6.07) is 20.7. The highest BCUT2D eigenvalue weighted by Crippen LogP contribution is 2.23. The highest BCUT2D eigenvalue weighted by atomic mass is 16.5. The number of anilines is 1. The Morgan fingerprint density at radius 2 is 1.74 bits per heavy atom. The molecule has 0 radical (unpaired) electrons. The number of aryl methyl sites for hydroxylation is 3. The molecule has 0 spiro atoms. The number of para-hydroxylation sites is 1. The van der Waals surface area contributed by atoms with Crippen molar-refractivity contribution in [1.29, 1.82) is 0 Å². The predicted octanol–water partition coefficient (Wildman–Crippen LogP) is 5.49. The third-order valence-electron chi connectivity index (χ3n) is 5.03. The Kier molecular flexibility index (Phi) is 5.80. The third kappa shape index (κ3) is 4.80. The fourth-order valence-corrected chi connectivity index (χ4v) is 3.07. The average molecular weight is 413 g/mol. The van der Waals surface area contributed by atoms with Crippen molar-refractivity contribution in [3.63, 3.8) is 0 Å². The molecule has 31 heavy (non-hydrogen) atoms. The highest BCUT2D eigenvalue weighted by molar-refractivity contribution is 6.06. The maximum Gasteiger partial charge on any atom is 0.264 e. The second-order valence-electron chi connectivity index (χ2n) is 7.42. The van der Waals surface area contributed by atoms with E-state index in [2.05, 4.69) is 15.5 Å². The van der Waals surface area contributed by atoms with Crippen LogP contribution in [0.25, 0.3) is 11.4 Å². The van der Waals surface area contributed by atoms with Gasteiger partial charge in [-0.3, -0.25) is 4.79 Å². The molecule has 6 heteroatoms. The zero-order valence-corrected chi connectivity index (χ0v) is 17.7. The third-order valence-corrected chi connectivity index (χ3v) is 5.03. The molecule has 1 N–H and O–H groups in total. The summed E-state index contributed by atoms with van der Waals surface area (Å²) >= 11 is 0. The molecule has 0 bridgehead atoms. The average Bonchev–Trinajstić information content (AvgIpc) is 3.24. The number of nitrogens with zero attached hydrogens (tertiary/aromatic N) is 2. The van der Waals surface area contributed by atoms with Crippen LogP contribution in [0.2, 0.25) is 0 Å². The van der Waals surface area contributed by atoms with Crippen molar-refractivity contribution in [2.24, 2.45) is 0 Å². The van der Waals surface area contributed by atoms with E-state index in [1.54, 1.807) is 18.2 Å². The van der Waals surface area contributed by atoms with Gasteiger partial charge in [-0.2, -0.15) is 4.98 Å². The van der Waals surface area contributed by atoms with Gasteiger partial charge in [0.1, 0.15) is 5.75 Å². The molecular formula is C25H23N3O3. The molecule has 156 valence electrons. The largest absolute Gasteiger partial charge is 0.483 e. The van der Waals surface area contributed by atoms with Gasteiger partial charge in [-0.25, -0.2) is 0 Å². The second-order valence-corrected chi connectivity index (χ2v) is 7.42. The van der Waals surface area contributed by atoms with E-state index < -0.39 is 0 Å². The first-order valence-corrected chi connectivity index (χ1v) is 9.99. The number of hydrogen-bond donors (Lipinski definition) is 1. The van der Waals surface area contributed by atoms with E-state index in [-0.39, 0.29) is 12.5 Å². The maximum absolute atomic E-state index is 12.8. The van der Waals surface area contributed by atoms with Crippen LogP contribution in [0, 0.1) is 20.8 Å². The lowest BCUT2D eigenvalue weighted by molar-refractivity contribution is 0.102. The van der Waals surface area contributed by atoms with Crippen molar-refractivity contribution in [2.45, 2.75) is 27.4 Å². The summed E-state index contributed by atoms with van der Waals surface area (Å²) in [4.78, 5) is 17.2. The number of ether oxygens (including phenoxy) is 1. The molecule has 1 heterocycles. The van der Waals surface area contributed by atoms with E-state index in [4.69, 9.17) is 9.26 Å². The Morgan fingerprint density at radius 3 is 2.52 bits per heavy atom. The van der Waals surface area contributed by atoms with Gasteiger partial charge in [0.15, 0.2) is 6.61 Å². The number of carbonyl (C=O) groups is 1. The number of hydrogen-bond acceptors (Lipinski definition) is 5. The molecule has 4 aromatic rings. The summed E-state index contributed by atoms with van der Waals surface area (Å²) in [6.45, 7) is 6.13. The first kappa shape index (κ1) is 20.3. The minimum Gasteiger partial charge on any atom is -0.483 e. The standard InChI is InChI=1S/C25H23N3O3/c1-16-8-11-19(12-9-16)24-27-23(31-28-24)15-30-22-7-5-4-6-21(22)25(29)26-20-13-10-17(2)18(3)14-20/h4-14H,15H2,1-3H3,(H,26,29). The minimum absolute atomic E-state index is 0.0623. The summed E-state index contributed by atoms with van der Waals surface area (Å²) in [5.74, 6) is 1.03. The molecular weight excluding hydrogens is 390 g/mol. The van der Waals surface area contributed by atoms with Gasteiger partial charge in [-0.1, -0.05) is 53.2 Å². The molecule has 0 aliphatic heterocycles. The quantitative estimate of drug-likeness (QED) is 0.452. The number of amides is 1. The van der Waals surface area contributed by atoms with Crippen LogP contribution >= 0.6 is 0 Å². The molecule has 0 atom stereocenters. The summed E-state index contributed by atoms with van der Waals surface area (Å²) in [7, 11) is 0. The Labute approximate surface area is 180 Å². The molecule has 3 aromatic carbocycles. The lowest BCUT2D eigenvalue weighted by Crippen LogP contribution is -2.14. The molecule has 0 saturated heterocycles. The first-order chi connectivity index (χ1) is 15.0. The minimum atomic E-state index is -0.246. The molecule has 0 unspecified atom stereocenters. The first-order valence-electron chi connectivity index (χ1n) is 9.99. The lowest BCUT2D eigenvalue weighted by Gasteiger charge is -2.11. The van der Waals surface area contributed by atoms with Crippen LogP contribution in [0.3, 0.4) is 0 Å². The van der Waals surface area contributed by atoms with E-state index in [1.807, 2.05) is 69.3 Å². The van der Waals surface area contributed by atoms with E-state index >= 15 is 0 Å². The zero-order chi connectivity index (χ0) is 21.8. The van der Waals surface area contributed by atoms with Crippen molar-refractivity contribution in [2.75, 3.05) is 5.32 Å². The fraction of sp³-hybridized carbons (Fsp3) is 0.160. The van der Waals surface area contributed by atoms with Gasteiger partial charge in [0.05, 0.1) is 5.56 Å². The molecule has 0 saturated carbocycles. The van der Waals surface area contributed by atoms with Crippen LogP contribution in [0.5, 0.6) is 5.75 Å². The molecule has 6 nitrogen and oxygen atoms in total.